The van der Waals surface area contributed by atoms with Crippen LogP contribution in [0.15, 0.2) is 72.0 Å². The Morgan fingerprint density at radius 2 is 1.93 bits per heavy atom. The fourth-order valence-corrected chi connectivity index (χ4v) is 4.87. The van der Waals surface area contributed by atoms with Gasteiger partial charge in [-0.2, -0.15) is 5.01 Å². The zero-order valence-corrected chi connectivity index (χ0v) is 23.9. The van der Waals surface area contributed by atoms with Gasteiger partial charge in [-0.25, -0.2) is 9.37 Å². The summed E-state index contributed by atoms with van der Waals surface area (Å²) >= 11 is 6.14. The molecule has 1 fully saturated rings. The molecule has 0 spiro atoms. The van der Waals surface area contributed by atoms with Crippen LogP contribution in [0, 0.1) is 5.82 Å². The second-order valence-electron chi connectivity index (χ2n) is 10.2. The van der Waals surface area contributed by atoms with E-state index in [1.54, 1.807) is 16.0 Å². The second kappa shape index (κ2) is 13.3. The molecular weight excluding hydrogens is 547 g/mol. The minimum absolute atomic E-state index is 0.0431. The quantitative estimate of drug-likeness (QED) is 0.386. The lowest BCUT2D eigenvalue weighted by molar-refractivity contribution is -0.123. The van der Waals surface area contributed by atoms with Crippen LogP contribution in [-0.4, -0.2) is 78.3 Å². The van der Waals surface area contributed by atoms with Gasteiger partial charge in [-0.15, -0.1) is 5.10 Å². The number of hydrogen-bond acceptors (Lipinski definition) is 8. The summed E-state index contributed by atoms with van der Waals surface area (Å²) < 4.78 is 25.9. The number of hydrazone groups is 1. The molecule has 1 N–H and O–H groups in total. The van der Waals surface area contributed by atoms with E-state index < -0.39 is 12.2 Å². The van der Waals surface area contributed by atoms with Crippen LogP contribution in [0.3, 0.4) is 0 Å². The van der Waals surface area contributed by atoms with E-state index in [4.69, 9.17) is 31.2 Å². The van der Waals surface area contributed by atoms with Gasteiger partial charge in [-0.3, -0.25) is 14.6 Å². The molecule has 9 nitrogen and oxygen atoms in total. The molecule has 1 atom stereocenters. The molecule has 11 heteroatoms. The zero-order chi connectivity index (χ0) is 28.8. The number of hydrogen-bond donors (Lipinski definition) is 1. The summed E-state index contributed by atoms with van der Waals surface area (Å²) in [6, 6.07) is 17.5. The molecule has 1 unspecified atom stereocenters. The summed E-state index contributed by atoms with van der Waals surface area (Å²) in [6.07, 6.45) is 1.86. The van der Waals surface area contributed by atoms with Crippen LogP contribution in [-0.2, 0) is 16.0 Å². The SMILES string of the molecule is CC(C)NC(=O)CN1C(c2ccc(F)c(Cl)c2)=NN(c2ccc(CCN3CCOCC3)cn2)C1Oc1ccccc1. The summed E-state index contributed by atoms with van der Waals surface area (Å²) in [5.41, 5.74) is 1.64. The number of aromatic nitrogens is 1. The maximum atomic E-state index is 14.1. The van der Waals surface area contributed by atoms with Crippen molar-refractivity contribution < 1.29 is 18.7 Å². The van der Waals surface area contributed by atoms with Crippen LogP contribution in [0.5, 0.6) is 5.75 Å². The number of nitrogens with zero attached hydrogens (tertiary/aromatic N) is 5. The highest BCUT2D eigenvalue weighted by Crippen LogP contribution is 2.29. The second-order valence-corrected chi connectivity index (χ2v) is 10.6. The number of rotatable bonds is 10. The van der Waals surface area contributed by atoms with Crippen LogP contribution >= 0.6 is 11.6 Å². The number of nitrogens with one attached hydrogen (secondary N) is 1. The molecule has 2 aromatic carbocycles. The standard InChI is InChI=1S/C30H34ClFN6O3/c1-21(2)34-28(39)20-37-29(23-9-10-26(32)25(31)18-23)35-38(30(37)41-24-6-4-3-5-7-24)27-11-8-22(19-33-27)12-13-36-14-16-40-17-15-36/h3-11,18-19,21,30H,12-17,20H2,1-2H3,(H,34,39). The minimum Gasteiger partial charge on any atom is -0.450 e. The number of benzene rings is 2. The largest absolute Gasteiger partial charge is 0.450 e. The Labute approximate surface area is 244 Å². The third-order valence-corrected chi connectivity index (χ3v) is 7.03. The molecule has 2 aliphatic heterocycles. The zero-order valence-electron chi connectivity index (χ0n) is 23.2. The molecule has 0 aliphatic carbocycles. The van der Waals surface area contributed by atoms with Crippen molar-refractivity contribution in [2.45, 2.75) is 32.7 Å². The van der Waals surface area contributed by atoms with Gasteiger partial charge in [0.05, 0.1) is 18.2 Å². The van der Waals surface area contributed by atoms with Crippen molar-refractivity contribution in [1.82, 2.24) is 20.1 Å². The number of amides is 1. The van der Waals surface area contributed by atoms with E-state index in [0.717, 1.165) is 44.8 Å². The normalized spacial score (nSPS) is 17.6. The topological polar surface area (TPSA) is 82.5 Å². The van der Waals surface area contributed by atoms with Crippen molar-refractivity contribution in [3.63, 3.8) is 0 Å². The summed E-state index contributed by atoms with van der Waals surface area (Å²) in [6.45, 7) is 8.06. The number of halogens is 2. The predicted molar refractivity (Wildman–Crippen MR) is 156 cm³/mol. The molecule has 0 bridgehead atoms. The van der Waals surface area contributed by atoms with Crippen molar-refractivity contribution in [3.05, 3.63) is 88.8 Å². The number of amidine groups is 1. The molecule has 3 aromatic rings. The monoisotopic (exact) mass is 580 g/mol. The predicted octanol–water partition coefficient (Wildman–Crippen LogP) is 4.12. The van der Waals surface area contributed by atoms with Gasteiger partial charge in [0.1, 0.15) is 18.1 Å². The van der Waals surface area contributed by atoms with Crippen LogP contribution in [0.4, 0.5) is 10.2 Å². The van der Waals surface area contributed by atoms with Gasteiger partial charge in [-0.1, -0.05) is 35.9 Å². The van der Waals surface area contributed by atoms with Gasteiger partial charge in [0.2, 0.25) is 5.91 Å². The number of ether oxygens (including phenoxy) is 2. The van der Waals surface area contributed by atoms with E-state index >= 15 is 0 Å². The average molecular weight is 581 g/mol. The molecule has 1 amide bonds. The first-order valence-electron chi connectivity index (χ1n) is 13.7. The molecule has 0 radical (unpaired) electrons. The first-order valence-corrected chi connectivity index (χ1v) is 14.1. The van der Waals surface area contributed by atoms with Gasteiger partial charge < -0.3 is 14.8 Å². The van der Waals surface area contributed by atoms with E-state index in [9.17, 15) is 9.18 Å². The Morgan fingerprint density at radius 3 is 2.61 bits per heavy atom. The van der Waals surface area contributed by atoms with E-state index in [-0.39, 0.29) is 23.5 Å². The molecule has 2 aliphatic rings. The van der Waals surface area contributed by atoms with Gasteiger partial charge in [0.25, 0.3) is 6.35 Å². The van der Waals surface area contributed by atoms with Gasteiger partial charge >= 0.3 is 0 Å². The smallest absolute Gasteiger partial charge is 0.275 e. The molecule has 216 valence electrons. The average Bonchev–Trinajstić information content (AvgIpc) is 3.31. The Bertz CT molecular complexity index is 1350. The van der Waals surface area contributed by atoms with E-state index in [0.29, 0.717) is 23.0 Å². The minimum atomic E-state index is -0.846. The highest BCUT2D eigenvalue weighted by atomic mass is 35.5. The Kier molecular flexibility index (Phi) is 9.33. The molecule has 0 saturated carbocycles. The number of carbonyl (C=O) groups excluding carboxylic acids is 1. The van der Waals surface area contributed by atoms with Crippen LogP contribution < -0.4 is 15.1 Å². The van der Waals surface area contributed by atoms with Crippen molar-refractivity contribution >= 4 is 29.2 Å². The number of anilines is 1. The fourth-order valence-electron chi connectivity index (χ4n) is 4.69. The highest BCUT2D eigenvalue weighted by Gasteiger charge is 2.39. The first kappa shape index (κ1) is 28.8. The molecule has 1 saturated heterocycles. The molecule has 41 heavy (non-hydrogen) atoms. The lowest BCUT2D eigenvalue weighted by Crippen LogP contribution is -2.51. The van der Waals surface area contributed by atoms with Gasteiger partial charge in [0, 0.05) is 37.4 Å². The number of para-hydroxylation sites is 1. The molecular formula is C30H34ClFN6O3. The number of morpholine rings is 1. The maximum Gasteiger partial charge on any atom is 0.275 e. The summed E-state index contributed by atoms with van der Waals surface area (Å²) in [5, 5.41) is 9.36. The molecule has 1 aromatic heterocycles. The molecule has 5 rings (SSSR count). The van der Waals surface area contributed by atoms with Gasteiger partial charge in [0.15, 0.2) is 11.7 Å². The third-order valence-electron chi connectivity index (χ3n) is 6.74. The fraction of sp³-hybridized carbons (Fsp3) is 0.367. The summed E-state index contributed by atoms with van der Waals surface area (Å²) in [5.74, 6) is 0.785. The summed E-state index contributed by atoms with van der Waals surface area (Å²) in [4.78, 5) is 21.8. The number of carbonyl (C=O) groups is 1. The van der Waals surface area contributed by atoms with Gasteiger partial charge in [-0.05, 0) is 62.2 Å². The van der Waals surface area contributed by atoms with Crippen molar-refractivity contribution in [1.29, 1.82) is 0 Å². The Balaban J connectivity index is 1.46. The van der Waals surface area contributed by atoms with Crippen LogP contribution in [0.2, 0.25) is 5.02 Å². The Morgan fingerprint density at radius 1 is 1.15 bits per heavy atom. The third kappa shape index (κ3) is 7.32. The molecule has 3 heterocycles. The van der Waals surface area contributed by atoms with E-state index in [1.807, 2.05) is 62.5 Å². The van der Waals surface area contributed by atoms with Crippen LogP contribution in [0.1, 0.15) is 25.0 Å². The van der Waals surface area contributed by atoms with Crippen molar-refractivity contribution in [2.75, 3.05) is 44.4 Å². The maximum absolute atomic E-state index is 14.1. The highest BCUT2D eigenvalue weighted by molar-refractivity contribution is 6.31. The lowest BCUT2D eigenvalue weighted by atomic mass is 10.2. The van der Waals surface area contributed by atoms with E-state index in [2.05, 4.69) is 10.2 Å². The lowest BCUT2D eigenvalue weighted by Gasteiger charge is -2.31. The number of pyridine rings is 1. The summed E-state index contributed by atoms with van der Waals surface area (Å²) in [7, 11) is 0. The van der Waals surface area contributed by atoms with Crippen molar-refractivity contribution in [2.24, 2.45) is 5.10 Å². The van der Waals surface area contributed by atoms with E-state index in [1.165, 1.54) is 12.1 Å². The van der Waals surface area contributed by atoms with Crippen LogP contribution in [0.25, 0.3) is 0 Å². The first-order chi connectivity index (χ1) is 19.9. The van der Waals surface area contributed by atoms with Crippen molar-refractivity contribution in [3.8, 4) is 5.75 Å². The Hall–Kier alpha value is -3.73.